The van der Waals surface area contributed by atoms with E-state index in [1.807, 2.05) is 0 Å². The van der Waals surface area contributed by atoms with Crippen LogP contribution in [-0.2, 0) is 14.8 Å². The second-order valence-corrected chi connectivity index (χ2v) is 8.28. The minimum Gasteiger partial charge on any atom is -0.389 e. The predicted octanol–water partition coefficient (Wildman–Crippen LogP) is 0.268. The highest BCUT2D eigenvalue weighted by molar-refractivity contribution is 7.91. The summed E-state index contributed by atoms with van der Waals surface area (Å²) in [6.07, 6.45) is 1.25. The Morgan fingerprint density at radius 2 is 2.10 bits per heavy atom. The third-order valence-electron chi connectivity index (χ3n) is 3.20. The Kier molecular flexibility index (Phi) is 4.43. The van der Waals surface area contributed by atoms with Gasteiger partial charge in [0.15, 0.2) is 0 Å². The van der Waals surface area contributed by atoms with Gasteiger partial charge in [-0.05, 0) is 25.0 Å². The molecule has 1 aromatic heterocycles. The Hall–Kier alpha value is -1.03. The summed E-state index contributed by atoms with van der Waals surface area (Å²) >= 11 is 5.87. The van der Waals surface area contributed by atoms with E-state index < -0.39 is 21.8 Å². The Labute approximate surface area is 126 Å². The van der Waals surface area contributed by atoms with Crippen molar-refractivity contribution in [2.75, 3.05) is 13.1 Å². The number of piperidine rings is 1. The summed E-state index contributed by atoms with van der Waals surface area (Å²) in [5.74, 6) is -0.881. The molecule has 1 unspecified atom stereocenters. The molecular weight excluding hydrogens is 318 g/mol. The molecule has 0 radical (unpaired) electrons. The first-order valence-corrected chi connectivity index (χ1v) is 8.68. The van der Waals surface area contributed by atoms with E-state index in [1.54, 1.807) is 6.07 Å². The van der Waals surface area contributed by atoms with Gasteiger partial charge >= 0.3 is 0 Å². The highest BCUT2D eigenvalue weighted by Crippen LogP contribution is 2.28. The molecule has 0 aromatic carbocycles. The molecule has 2 heterocycles. The summed E-state index contributed by atoms with van der Waals surface area (Å²) in [7, 11) is -3.61. The lowest BCUT2D eigenvalue weighted by atomic mass is 9.99. The van der Waals surface area contributed by atoms with E-state index in [1.165, 1.54) is 10.4 Å². The number of rotatable bonds is 4. The molecular formula is C11H15N3O3S3. The molecule has 1 amide bonds. The van der Waals surface area contributed by atoms with Crippen molar-refractivity contribution in [3.8, 4) is 0 Å². The molecule has 2 rings (SSSR count). The van der Waals surface area contributed by atoms with Crippen LogP contribution in [0.25, 0.3) is 0 Å². The van der Waals surface area contributed by atoms with Gasteiger partial charge in [-0.3, -0.25) is 4.79 Å². The van der Waals surface area contributed by atoms with Crippen LogP contribution in [0.4, 0.5) is 0 Å². The first-order chi connectivity index (χ1) is 9.32. The smallest absolute Gasteiger partial charge is 0.252 e. The fraction of sp³-hybridized carbons (Fsp3) is 0.455. The summed E-state index contributed by atoms with van der Waals surface area (Å²) in [6, 6.07) is 3.08. The van der Waals surface area contributed by atoms with Gasteiger partial charge in [-0.25, -0.2) is 8.42 Å². The molecule has 0 saturated carbocycles. The summed E-state index contributed by atoms with van der Waals surface area (Å²) in [4.78, 5) is 12.0. The van der Waals surface area contributed by atoms with Gasteiger partial charge in [0.05, 0.1) is 10.8 Å². The Balaban J connectivity index is 2.25. The zero-order valence-electron chi connectivity index (χ0n) is 10.6. The van der Waals surface area contributed by atoms with Gasteiger partial charge < -0.3 is 11.5 Å². The van der Waals surface area contributed by atoms with Gasteiger partial charge in [0.25, 0.3) is 10.0 Å². The monoisotopic (exact) mass is 333 g/mol. The average Bonchev–Trinajstić information content (AvgIpc) is 2.89. The maximum Gasteiger partial charge on any atom is 0.252 e. The molecule has 110 valence electrons. The number of hydrogen-bond donors (Lipinski definition) is 2. The van der Waals surface area contributed by atoms with Crippen LogP contribution in [0.15, 0.2) is 16.3 Å². The Bertz CT molecular complexity index is 638. The van der Waals surface area contributed by atoms with Crippen molar-refractivity contribution in [3.63, 3.8) is 0 Å². The number of nitrogens with zero attached hydrogens (tertiary/aromatic N) is 1. The molecule has 1 fully saturated rings. The summed E-state index contributed by atoms with van der Waals surface area (Å²) < 4.78 is 26.5. The zero-order chi connectivity index (χ0) is 14.9. The van der Waals surface area contributed by atoms with Crippen LogP contribution in [-0.4, -0.2) is 36.7 Å². The lowest BCUT2D eigenvalue weighted by molar-refractivity contribution is -0.122. The quantitative estimate of drug-likeness (QED) is 0.769. The number of carbonyl (C=O) groups is 1. The van der Waals surface area contributed by atoms with Gasteiger partial charge in [0.2, 0.25) is 5.91 Å². The Morgan fingerprint density at radius 1 is 1.40 bits per heavy atom. The third-order valence-corrected chi connectivity index (χ3v) is 7.01. The summed E-state index contributed by atoms with van der Waals surface area (Å²) in [6.45, 7) is 0.532. The number of thiophene rings is 1. The second kappa shape index (κ2) is 5.76. The number of hydrogen-bond acceptors (Lipinski definition) is 5. The molecule has 1 saturated heterocycles. The van der Waals surface area contributed by atoms with Crippen LogP contribution in [0.1, 0.15) is 17.7 Å². The molecule has 4 N–H and O–H groups in total. The molecule has 1 aliphatic rings. The van der Waals surface area contributed by atoms with Crippen molar-refractivity contribution >= 4 is 44.5 Å². The maximum atomic E-state index is 12.5. The second-order valence-electron chi connectivity index (χ2n) is 4.59. The van der Waals surface area contributed by atoms with Crippen LogP contribution < -0.4 is 11.5 Å². The number of nitrogens with two attached hydrogens (primary N) is 2. The molecule has 6 nitrogen and oxygen atoms in total. The number of sulfonamides is 1. The van der Waals surface area contributed by atoms with Gasteiger partial charge in [0, 0.05) is 13.1 Å². The zero-order valence-corrected chi connectivity index (χ0v) is 13.1. The SMILES string of the molecule is NC(=O)C1CCCN(S(=O)(=O)c2ccc(C(N)=S)s2)C1. The highest BCUT2D eigenvalue weighted by atomic mass is 32.2. The number of carbonyl (C=O) groups excluding carboxylic acids is 1. The standard InChI is InChI=1S/C11H15N3O3S3/c12-10(15)7-2-1-5-14(6-7)20(16,17)9-4-3-8(19-9)11(13)18/h3-4,7H,1-2,5-6H2,(H2,12,15)(H2,13,18). The molecule has 0 bridgehead atoms. The minimum atomic E-state index is -3.61. The van der Waals surface area contributed by atoms with Crippen molar-refractivity contribution in [1.82, 2.24) is 4.31 Å². The number of amides is 1. The normalized spacial score (nSPS) is 20.7. The predicted molar refractivity (Wildman–Crippen MR) is 80.9 cm³/mol. The van der Waals surface area contributed by atoms with E-state index in [4.69, 9.17) is 23.7 Å². The van der Waals surface area contributed by atoms with Crippen LogP contribution in [0.5, 0.6) is 0 Å². The van der Waals surface area contributed by atoms with Crippen LogP contribution in [0, 0.1) is 5.92 Å². The lowest BCUT2D eigenvalue weighted by Gasteiger charge is -2.29. The van der Waals surface area contributed by atoms with E-state index >= 15 is 0 Å². The first kappa shape index (κ1) is 15.4. The van der Waals surface area contributed by atoms with Gasteiger partial charge in [-0.1, -0.05) is 12.2 Å². The van der Waals surface area contributed by atoms with Crippen LogP contribution in [0.3, 0.4) is 0 Å². The van der Waals surface area contributed by atoms with Gasteiger partial charge in [-0.15, -0.1) is 11.3 Å². The van der Waals surface area contributed by atoms with E-state index in [-0.39, 0.29) is 15.7 Å². The van der Waals surface area contributed by atoms with E-state index in [0.717, 1.165) is 11.3 Å². The lowest BCUT2D eigenvalue weighted by Crippen LogP contribution is -2.43. The molecule has 20 heavy (non-hydrogen) atoms. The van der Waals surface area contributed by atoms with Crippen LogP contribution in [0.2, 0.25) is 0 Å². The third kappa shape index (κ3) is 3.00. The number of thiocarbonyl (C=S) groups is 1. The van der Waals surface area contributed by atoms with E-state index in [9.17, 15) is 13.2 Å². The molecule has 1 atom stereocenters. The summed E-state index contributed by atoms with van der Waals surface area (Å²) in [5, 5.41) is 0. The van der Waals surface area contributed by atoms with Crippen LogP contribution >= 0.6 is 23.6 Å². The largest absolute Gasteiger partial charge is 0.389 e. The molecule has 9 heteroatoms. The summed E-state index contributed by atoms with van der Waals surface area (Å²) in [5.41, 5.74) is 10.7. The fourth-order valence-corrected chi connectivity index (χ4v) is 5.14. The van der Waals surface area contributed by atoms with Gasteiger partial charge in [-0.2, -0.15) is 4.31 Å². The van der Waals surface area contributed by atoms with Crippen molar-refractivity contribution in [2.45, 2.75) is 17.1 Å². The highest BCUT2D eigenvalue weighted by Gasteiger charge is 2.33. The van der Waals surface area contributed by atoms with Crippen molar-refractivity contribution in [1.29, 1.82) is 0 Å². The maximum absolute atomic E-state index is 12.5. The van der Waals surface area contributed by atoms with Crippen molar-refractivity contribution < 1.29 is 13.2 Å². The molecule has 0 spiro atoms. The van der Waals surface area contributed by atoms with Gasteiger partial charge in [0.1, 0.15) is 9.20 Å². The minimum absolute atomic E-state index is 0.137. The molecule has 1 aliphatic heterocycles. The molecule has 1 aromatic rings. The Morgan fingerprint density at radius 3 is 2.65 bits per heavy atom. The molecule has 0 aliphatic carbocycles. The van der Waals surface area contributed by atoms with E-state index in [2.05, 4.69) is 0 Å². The van der Waals surface area contributed by atoms with E-state index in [0.29, 0.717) is 24.3 Å². The average molecular weight is 333 g/mol. The first-order valence-electron chi connectivity index (χ1n) is 6.01. The topological polar surface area (TPSA) is 106 Å². The van der Waals surface area contributed by atoms with Crippen molar-refractivity contribution in [3.05, 3.63) is 17.0 Å². The van der Waals surface area contributed by atoms with Crippen molar-refractivity contribution in [2.24, 2.45) is 17.4 Å². The fourth-order valence-electron chi connectivity index (χ4n) is 2.11. The number of primary amides is 1.